The molecule has 0 radical (unpaired) electrons. The number of hydrogen-bond acceptors (Lipinski definition) is 2. The number of pyridine rings is 1. The first-order valence-electron chi connectivity index (χ1n) is 6.48. The second-order valence-electron chi connectivity index (χ2n) is 4.78. The number of aromatic nitrogens is 2. The van der Waals surface area contributed by atoms with Gasteiger partial charge in [-0.05, 0) is 23.6 Å². The zero-order valence-electron chi connectivity index (χ0n) is 10.7. The van der Waals surface area contributed by atoms with Gasteiger partial charge in [0.2, 0.25) is 0 Å². The fraction of sp³-hybridized carbons (Fsp3) is 0. The van der Waals surface area contributed by atoms with Gasteiger partial charge in [-0.3, -0.25) is 0 Å². The third-order valence-electron chi connectivity index (χ3n) is 3.54. The minimum atomic E-state index is 0.284. The molecule has 0 fully saturated rings. The Balaban J connectivity index is 1.99. The van der Waals surface area contributed by atoms with Gasteiger partial charge in [0.1, 0.15) is 11.4 Å². The number of nitrogens with zero attached hydrogens (tertiary/aromatic N) is 2. The molecule has 2 aromatic carbocycles. The van der Waals surface area contributed by atoms with E-state index in [2.05, 4.69) is 4.98 Å². The summed E-state index contributed by atoms with van der Waals surface area (Å²) in [6.07, 6.45) is 3.88. The molecule has 0 unspecified atom stereocenters. The van der Waals surface area contributed by atoms with Crippen LogP contribution in [0.3, 0.4) is 0 Å². The van der Waals surface area contributed by atoms with Crippen molar-refractivity contribution in [1.29, 1.82) is 0 Å². The van der Waals surface area contributed by atoms with Gasteiger partial charge in [0, 0.05) is 23.3 Å². The average molecular weight is 260 g/mol. The van der Waals surface area contributed by atoms with Crippen molar-refractivity contribution in [2.24, 2.45) is 0 Å². The molecule has 20 heavy (non-hydrogen) atoms. The summed E-state index contributed by atoms with van der Waals surface area (Å²) < 4.78 is 1.95. The van der Waals surface area contributed by atoms with Crippen LogP contribution in [0.2, 0.25) is 0 Å². The molecule has 2 heterocycles. The number of phenols is 1. The van der Waals surface area contributed by atoms with Crippen molar-refractivity contribution >= 4 is 16.4 Å². The van der Waals surface area contributed by atoms with Gasteiger partial charge in [0.05, 0.1) is 5.69 Å². The predicted molar refractivity (Wildman–Crippen MR) is 79.8 cm³/mol. The van der Waals surface area contributed by atoms with Crippen LogP contribution in [-0.4, -0.2) is 14.5 Å². The van der Waals surface area contributed by atoms with Crippen LogP contribution >= 0.6 is 0 Å². The normalized spacial score (nSPS) is 11.2. The smallest absolute Gasteiger partial charge is 0.137 e. The van der Waals surface area contributed by atoms with Gasteiger partial charge in [0.15, 0.2) is 0 Å². The van der Waals surface area contributed by atoms with E-state index in [1.165, 1.54) is 0 Å². The van der Waals surface area contributed by atoms with E-state index in [9.17, 15) is 5.11 Å². The fourth-order valence-electron chi connectivity index (χ4n) is 2.53. The lowest BCUT2D eigenvalue weighted by Crippen LogP contribution is -1.81. The standard InChI is InChI=1S/C17H12N2O/c20-17-13-6-2-1-5-12(13)8-9-14(17)15-11-19-10-4-3-7-16(19)18-15/h1-11,20H. The zero-order chi connectivity index (χ0) is 13.5. The van der Waals surface area contributed by atoms with E-state index in [1.807, 2.05) is 71.4 Å². The average Bonchev–Trinajstić information content (AvgIpc) is 2.91. The van der Waals surface area contributed by atoms with Gasteiger partial charge in [-0.15, -0.1) is 0 Å². The first kappa shape index (κ1) is 11.1. The predicted octanol–water partition coefficient (Wildman–Crippen LogP) is 3.86. The maximum Gasteiger partial charge on any atom is 0.137 e. The molecule has 3 nitrogen and oxygen atoms in total. The molecule has 0 atom stereocenters. The van der Waals surface area contributed by atoms with E-state index in [-0.39, 0.29) is 5.75 Å². The number of rotatable bonds is 1. The van der Waals surface area contributed by atoms with Crippen LogP contribution in [0.15, 0.2) is 67.0 Å². The molecule has 0 spiro atoms. The molecule has 0 bridgehead atoms. The van der Waals surface area contributed by atoms with Crippen LogP contribution in [0.25, 0.3) is 27.7 Å². The van der Waals surface area contributed by atoms with Crippen molar-refractivity contribution in [2.45, 2.75) is 0 Å². The Morgan fingerprint density at radius 2 is 1.75 bits per heavy atom. The van der Waals surface area contributed by atoms with E-state index >= 15 is 0 Å². The zero-order valence-corrected chi connectivity index (χ0v) is 10.7. The Morgan fingerprint density at radius 3 is 2.65 bits per heavy atom. The minimum Gasteiger partial charge on any atom is -0.507 e. The van der Waals surface area contributed by atoms with Crippen molar-refractivity contribution in [3.8, 4) is 17.0 Å². The summed E-state index contributed by atoms with van der Waals surface area (Å²) in [7, 11) is 0. The van der Waals surface area contributed by atoms with E-state index in [4.69, 9.17) is 0 Å². The highest BCUT2D eigenvalue weighted by atomic mass is 16.3. The van der Waals surface area contributed by atoms with E-state index < -0.39 is 0 Å². The lowest BCUT2D eigenvalue weighted by molar-refractivity contribution is 0.483. The second-order valence-corrected chi connectivity index (χ2v) is 4.78. The molecule has 0 saturated carbocycles. The minimum absolute atomic E-state index is 0.284. The number of phenolic OH excluding ortho intramolecular Hbond substituents is 1. The van der Waals surface area contributed by atoms with Crippen LogP contribution in [0.5, 0.6) is 5.75 Å². The molecule has 3 heteroatoms. The molecule has 0 amide bonds. The molecule has 4 aromatic rings. The van der Waals surface area contributed by atoms with Crippen molar-refractivity contribution in [3.63, 3.8) is 0 Å². The molecule has 0 aliphatic carbocycles. The Morgan fingerprint density at radius 1 is 0.900 bits per heavy atom. The lowest BCUT2D eigenvalue weighted by Gasteiger charge is -2.05. The second kappa shape index (κ2) is 4.10. The number of aromatic hydroxyl groups is 1. The number of fused-ring (bicyclic) bond motifs is 2. The number of hydrogen-bond donors (Lipinski definition) is 1. The van der Waals surface area contributed by atoms with Crippen molar-refractivity contribution < 1.29 is 5.11 Å². The van der Waals surface area contributed by atoms with Crippen LogP contribution in [0, 0.1) is 0 Å². The molecule has 1 N–H and O–H groups in total. The molecule has 2 aromatic heterocycles. The van der Waals surface area contributed by atoms with E-state index in [1.54, 1.807) is 0 Å². The van der Waals surface area contributed by atoms with Crippen molar-refractivity contribution in [1.82, 2.24) is 9.38 Å². The van der Waals surface area contributed by atoms with Gasteiger partial charge < -0.3 is 9.51 Å². The number of benzene rings is 2. The third-order valence-corrected chi connectivity index (χ3v) is 3.54. The summed E-state index contributed by atoms with van der Waals surface area (Å²) >= 11 is 0. The summed E-state index contributed by atoms with van der Waals surface area (Å²) in [4.78, 5) is 4.55. The molecule has 0 aliphatic heterocycles. The fourth-order valence-corrected chi connectivity index (χ4v) is 2.53. The summed E-state index contributed by atoms with van der Waals surface area (Å²) in [5.41, 5.74) is 2.40. The summed E-state index contributed by atoms with van der Waals surface area (Å²) in [5.74, 6) is 0.284. The van der Waals surface area contributed by atoms with Crippen LogP contribution in [-0.2, 0) is 0 Å². The third kappa shape index (κ3) is 1.57. The van der Waals surface area contributed by atoms with Crippen LogP contribution in [0.4, 0.5) is 0 Å². The topological polar surface area (TPSA) is 37.5 Å². The maximum absolute atomic E-state index is 10.5. The van der Waals surface area contributed by atoms with Gasteiger partial charge in [0.25, 0.3) is 0 Å². The van der Waals surface area contributed by atoms with Crippen molar-refractivity contribution in [3.05, 3.63) is 67.0 Å². The Labute approximate surface area is 115 Å². The summed E-state index contributed by atoms with van der Waals surface area (Å²) in [5, 5.41) is 12.4. The first-order chi connectivity index (χ1) is 9.83. The molecule has 0 saturated heterocycles. The van der Waals surface area contributed by atoms with Crippen LogP contribution < -0.4 is 0 Å². The molecule has 4 rings (SSSR count). The largest absolute Gasteiger partial charge is 0.507 e. The van der Waals surface area contributed by atoms with Gasteiger partial charge in [-0.1, -0.05) is 36.4 Å². The van der Waals surface area contributed by atoms with Gasteiger partial charge in [-0.25, -0.2) is 4.98 Å². The monoisotopic (exact) mass is 260 g/mol. The highest BCUT2D eigenvalue weighted by Gasteiger charge is 2.11. The van der Waals surface area contributed by atoms with E-state index in [0.29, 0.717) is 0 Å². The first-order valence-corrected chi connectivity index (χ1v) is 6.48. The van der Waals surface area contributed by atoms with Gasteiger partial charge in [-0.2, -0.15) is 0 Å². The summed E-state index contributed by atoms with van der Waals surface area (Å²) in [6, 6.07) is 17.6. The Hall–Kier alpha value is -2.81. The SMILES string of the molecule is Oc1c(-c2cn3ccccc3n2)ccc2ccccc12. The van der Waals surface area contributed by atoms with Crippen LogP contribution in [0.1, 0.15) is 0 Å². The van der Waals surface area contributed by atoms with Gasteiger partial charge >= 0.3 is 0 Å². The summed E-state index contributed by atoms with van der Waals surface area (Å²) in [6.45, 7) is 0. The molecule has 0 aliphatic rings. The Bertz CT molecular complexity index is 891. The quantitative estimate of drug-likeness (QED) is 0.564. The highest BCUT2D eigenvalue weighted by molar-refractivity contribution is 5.94. The van der Waals surface area contributed by atoms with E-state index in [0.717, 1.165) is 27.7 Å². The molecular weight excluding hydrogens is 248 g/mol. The Kier molecular flexibility index (Phi) is 2.27. The highest BCUT2D eigenvalue weighted by Crippen LogP contribution is 2.35. The number of imidazole rings is 1. The molecular formula is C17H12N2O. The maximum atomic E-state index is 10.5. The lowest BCUT2D eigenvalue weighted by atomic mass is 10.0. The van der Waals surface area contributed by atoms with Crippen molar-refractivity contribution in [2.75, 3.05) is 0 Å². The molecule has 96 valence electrons.